The van der Waals surface area contributed by atoms with Crippen LogP contribution in [-0.2, 0) is 4.74 Å². The number of carbonyl (C=O) groups is 1. The number of aliphatic hydroxyl groups is 1. The third-order valence-electron chi connectivity index (χ3n) is 6.02. The van der Waals surface area contributed by atoms with Gasteiger partial charge < -0.3 is 15.2 Å². The number of rotatable bonds is 4. The second-order valence-corrected chi connectivity index (χ2v) is 8.42. The molecule has 1 spiro atoms. The molecule has 9 heteroatoms. The molecular formula is C24H20F3N3O3. The first-order chi connectivity index (χ1) is 15.8. The molecule has 5 rings (SSSR count). The van der Waals surface area contributed by atoms with Crippen molar-refractivity contribution in [2.24, 2.45) is 0 Å². The van der Waals surface area contributed by atoms with Gasteiger partial charge in [0.1, 0.15) is 28.8 Å². The molecule has 6 nitrogen and oxygen atoms in total. The van der Waals surface area contributed by atoms with Crippen LogP contribution in [0, 0.1) is 17.5 Å². The Balaban J connectivity index is 1.43. The first-order valence-corrected chi connectivity index (χ1v) is 10.6. The van der Waals surface area contributed by atoms with Crippen molar-refractivity contribution < 1.29 is 27.8 Å². The van der Waals surface area contributed by atoms with Gasteiger partial charge in [0.05, 0.1) is 35.3 Å². The average Bonchev–Trinajstić information content (AvgIpc) is 3.52. The summed E-state index contributed by atoms with van der Waals surface area (Å²) in [7, 11) is 0. The van der Waals surface area contributed by atoms with Gasteiger partial charge in [0.2, 0.25) is 0 Å². The lowest BCUT2D eigenvalue weighted by Gasteiger charge is -2.34. The molecule has 2 aromatic heterocycles. The van der Waals surface area contributed by atoms with Gasteiger partial charge in [0.25, 0.3) is 5.91 Å². The smallest absolute Gasteiger partial charge is 0.274 e. The number of aliphatic hydroxyl groups excluding tert-OH is 1. The summed E-state index contributed by atoms with van der Waals surface area (Å²) < 4.78 is 48.9. The summed E-state index contributed by atoms with van der Waals surface area (Å²) in [4.78, 5) is 20.9. The zero-order chi connectivity index (χ0) is 23.2. The van der Waals surface area contributed by atoms with Gasteiger partial charge in [-0.3, -0.25) is 9.78 Å². The van der Waals surface area contributed by atoms with Crippen LogP contribution in [0.5, 0.6) is 0 Å². The zero-order valence-electron chi connectivity index (χ0n) is 17.4. The van der Waals surface area contributed by atoms with Gasteiger partial charge in [-0.1, -0.05) is 6.07 Å². The highest BCUT2D eigenvalue weighted by atomic mass is 19.1. The predicted octanol–water partition coefficient (Wildman–Crippen LogP) is 4.56. The molecule has 1 aliphatic heterocycles. The molecule has 3 aromatic rings. The molecule has 1 amide bonds. The standard InChI is InChI=1S/C24H20F3N3O3/c25-15-2-1-3-16(26)21(15)22-17(27)4-5-18(29-22)23(32)30-19-12-28-9-6-14(19)20-10-13(31)11-24(33-20)7-8-24/h1-6,9,12-13,20,31H,7-8,10-11H2,(H,30,32)/t13-,20-/m1/s1. The molecule has 0 radical (unpaired) electrons. The Kier molecular flexibility index (Phi) is 5.38. The minimum absolute atomic E-state index is 0.230. The van der Waals surface area contributed by atoms with E-state index in [1.807, 2.05) is 0 Å². The summed E-state index contributed by atoms with van der Waals surface area (Å²) >= 11 is 0. The third-order valence-corrected chi connectivity index (χ3v) is 6.02. The number of hydrogen-bond donors (Lipinski definition) is 2. The lowest BCUT2D eigenvalue weighted by Crippen LogP contribution is -2.33. The molecule has 1 saturated carbocycles. The van der Waals surface area contributed by atoms with E-state index >= 15 is 0 Å². The molecule has 2 aliphatic rings. The molecule has 0 unspecified atom stereocenters. The van der Waals surface area contributed by atoms with E-state index in [0.717, 1.165) is 43.2 Å². The summed E-state index contributed by atoms with van der Waals surface area (Å²) in [5.74, 6) is -3.65. The number of nitrogens with one attached hydrogen (secondary N) is 1. The van der Waals surface area contributed by atoms with E-state index in [2.05, 4.69) is 15.3 Å². The van der Waals surface area contributed by atoms with Crippen LogP contribution in [0.25, 0.3) is 11.3 Å². The number of pyridine rings is 2. The summed E-state index contributed by atoms with van der Waals surface area (Å²) in [6.45, 7) is 0. The maximum Gasteiger partial charge on any atom is 0.274 e. The Labute approximate surface area is 187 Å². The monoisotopic (exact) mass is 455 g/mol. The van der Waals surface area contributed by atoms with Gasteiger partial charge in [-0.15, -0.1) is 0 Å². The van der Waals surface area contributed by atoms with Crippen LogP contribution in [0.15, 0.2) is 48.8 Å². The second-order valence-electron chi connectivity index (χ2n) is 8.42. The number of aromatic nitrogens is 2. The Bertz CT molecular complexity index is 1210. The Morgan fingerprint density at radius 1 is 1.09 bits per heavy atom. The maximum atomic E-state index is 14.4. The van der Waals surface area contributed by atoms with Gasteiger partial charge >= 0.3 is 0 Å². The van der Waals surface area contributed by atoms with Crippen LogP contribution in [0.1, 0.15) is 47.8 Å². The quantitative estimate of drug-likeness (QED) is 0.603. The highest BCUT2D eigenvalue weighted by Crippen LogP contribution is 2.52. The molecule has 1 aromatic carbocycles. The number of amides is 1. The van der Waals surface area contributed by atoms with Gasteiger partial charge in [-0.25, -0.2) is 18.2 Å². The van der Waals surface area contributed by atoms with Crippen molar-refractivity contribution in [3.63, 3.8) is 0 Å². The summed E-state index contributed by atoms with van der Waals surface area (Å²) in [5.41, 5.74) is -0.797. The van der Waals surface area contributed by atoms with Crippen molar-refractivity contribution in [3.05, 3.63) is 77.5 Å². The normalized spacial score (nSPS) is 21.1. The number of halogens is 3. The van der Waals surface area contributed by atoms with E-state index in [1.54, 1.807) is 12.3 Å². The molecular weight excluding hydrogens is 435 g/mol. The van der Waals surface area contributed by atoms with E-state index in [1.165, 1.54) is 6.20 Å². The number of hydrogen-bond acceptors (Lipinski definition) is 5. The van der Waals surface area contributed by atoms with Gasteiger partial charge in [-0.05, 0) is 43.2 Å². The molecule has 1 saturated heterocycles. The lowest BCUT2D eigenvalue weighted by atomic mass is 9.94. The van der Waals surface area contributed by atoms with Crippen LogP contribution in [0.3, 0.4) is 0 Å². The fourth-order valence-corrected chi connectivity index (χ4v) is 4.25. The molecule has 2 atom stereocenters. The molecule has 2 N–H and O–H groups in total. The van der Waals surface area contributed by atoms with Gasteiger partial charge in [0.15, 0.2) is 0 Å². The van der Waals surface area contributed by atoms with E-state index in [9.17, 15) is 23.1 Å². The number of ether oxygens (including phenoxy) is 1. The van der Waals surface area contributed by atoms with Gasteiger partial charge in [-0.2, -0.15) is 0 Å². The minimum atomic E-state index is -0.990. The summed E-state index contributed by atoms with van der Waals surface area (Å²) in [5, 5.41) is 13.0. The van der Waals surface area contributed by atoms with Crippen LogP contribution < -0.4 is 5.32 Å². The zero-order valence-corrected chi connectivity index (χ0v) is 17.4. The van der Waals surface area contributed by atoms with E-state index < -0.39 is 46.8 Å². The number of anilines is 1. The molecule has 0 bridgehead atoms. The summed E-state index contributed by atoms with van der Waals surface area (Å²) in [6, 6.07) is 6.89. The van der Waals surface area contributed by atoms with Crippen LogP contribution >= 0.6 is 0 Å². The highest BCUT2D eigenvalue weighted by Gasteiger charge is 2.50. The SMILES string of the molecule is O=C(Nc1cnccc1[C@H]1C[C@@H](O)CC2(CC2)O1)c1ccc(F)c(-c2c(F)cccc2F)n1. The van der Waals surface area contributed by atoms with Crippen molar-refractivity contribution in [2.75, 3.05) is 5.32 Å². The van der Waals surface area contributed by atoms with Crippen molar-refractivity contribution in [1.29, 1.82) is 0 Å². The fraction of sp³-hybridized carbons (Fsp3) is 0.292. The Morgan fingerprint density at radius 2 is 1.85 bits per heavy atom. The number of nitrogens with zero attached hydrogens (tertiary/aromatic N) is 2. The van der Waals surface area contributed by atoms with Gasteiger partial charge in [0, 0.05) is 24.6 Å². The highest BCUT2D eigenvalue weighted by molar-refractivity contribution is 6.03. The van der Waals surface area contributed by atoms with Crippen LogP contribution in [0.4, 0.5) is 18.9 Å². The lowest BCUT2D eigenvalue weighted by molar-refractivity contribution is -0.113. The minimum Gasteiger partial charge on any atom is -0.393 e. The Hall–Kier alpha value is -3.30. The second kappa shape index (κ2) is 8.24. The molecule has 33 heavy (non-hydrogen) atoms. The predicted molar refractivity (Wildman–Crippen MR) is 113 cm³/mol. The largest absolute Gasteiger partial charge is 0.393 e. The van der Waals surface area contributed by atoms with Crippen molar-refractivity contribution in [1.82, 2.24) is 9.97 Å². The fourth-order valence-electron chi connectivity index (χ4n) is 4.25. The van der Waals surface area contributed by atoms with E-state index in [4.69, 9.17) is 4.74 Å². The molecule has 3 heterocycles. The average molecular weight is 455 g/mol. The maximum absolute atomic E-state index is 14.4. The van der Waals surface area contributed by atoms with Crippen LogP contribution in [0.2, 0.25) is 0 Å². The Morgan fingerprint density at radius 3 is 2.58 bits per heavy atom. The van der Waals surface area contributed by atoms with Crippen molar-refractivity contribution >= 4 is 11.6 Å². The first kappa shape index (κ1) is 21.5. The number of carbonyl (C=O) groups excluding carboxylic acids is 1. The van der Waals surface area contributed by atoms with Crippen LogP contribution in [-0.4, -0.2) is 32.7 Å². The van der Waals surface area contributed by atoms with E-state index in [0.29, 0.717) is 24.1 Å². The van der Waals surface area contributed by atoms with Crippen molar-refractivity contribution in [3.8, 4) is 11.3 Å². The molecule has 1 aliphatic carbocycles. The van der Waals surface area contributed by atoms with E-state index in [-0.39, 0.29) is 11.3 Å². The first-order valence-electron chi connectivity index (χ1n) is 10.6. The molecule has 2 fully saturated rings. The third kappa shape index (κ3) is 4.21. The summed E-state index contributed by atoms with van der Waals surface area (Å²) in [6.07, 6.45) is 4.77. The number of benzene rings is 1. The van der Waals surface area contributed by atoms with Crippen molar-refractivity contribution in [2.45, 2.75) is 43.5 Å². The molecule has 170 valence electrons. The topological polar surface area (TPSA) is 84.3 Å².